The Morgan fingerprint density at radius 3 is 2.56 bits per heavy atom. The van der Waals surface area contributed by atoms with Crippen molar-refractivity contribution in [2.24, 2.45) is 0 Å². The van der Waals surface area contributed by atoms with E-state index in [1.807, 2.05) is 4.90 Å². The molecular formula is C10H20ClNO4. The van der Waals surface area contributed by atoms with E-state index in [0.29, 0.717) is 6.54 Å². The SMILES string of the molecule is Cl.OC[C@]1(O)[C@H](O)[C@@H](O)CN2CCCC[C@@H]21. The van der Waals surface area contributed by atoms with Gasteiger partial charge in [0.25, 0.3) is 0 Å². The van der Waals surface area contributed by atoms with Gasteiger partial charge in [-0.25, -0.2) is 0 Å². The number of aliphatic hydroxyl groups excluding tert-OH is 3. The summed E-state index contributed by atoms with van der Waals surface area (Å²) in [7, 11) is 0. The second kappa shape index (κ2) is 5.16. The molecule has 6 heteroatoms. The summed E-state index contributed by atoms with van der Waals surface area (Å²) in [5, 5.41) is 38.8. The van der Waals surface area contributed by atoms with Crippen LogP contribution < -0.4 is 0 Å². The number of aliphatic hydroxyl groups is 4. The van der Waals surface area contributed by atoms with Crippen LogP contribution in [0.25, 0.3) is 0 Å². The van der Waals surface area contributed by atoms with E-state index < -0.39 is 24.4 Å². The second-order valence-electron chi connectivity index (χ2n) is 4.67. The zero-order valence-electron chi connectivity index (χ0n) is 9.12. The highest BCUT2D eigenvalue weighted by molar-refractivity contribution is 5.85. The summed E-state index contributed by atoms with van der Waals surface area (Å²) in [5.74, 6) is 0. The van der Waals surface area contributed by atoms with E-state index in [1.165, 1.54) is 0 Å². The Kier molecular flexibility index (Phi) is 4.57. The fourth-order valence-electron chi connectivity index (χ4n) is 2.84. The van der Waals surface area contributed by atoms with Crippen LogP contribution in [0.15, 0.2) is 0 Å². The summed E-state index contributed by atoms with van der Waals surface area (Å²) in [4.78, 5) is 1.97. The minimum atomic E-state index is -1.57. The van der Waals surface area contributed by atoms with Crippen molar-refractivity contribution in [1.29, 1.82) is 0 Å². The number of fused-ring (bicyclic) bond motifs is 1. The Bertz CT molecular complexity index is 243. The first-order valence-corrected chi connectivity index (χ1v) is 5.53. The Morgan fingerprint density at radius 1 is 1.25 bits per heavy atom. The highest BCUT2D eigenvalue weighted by atomic mass is 35.5. The average Bonchev–Trinajstić information content (AvgIpc) is 2.26. The van der Waals surface area contributed by atoms with Crippen molar-refractivity contribution in [3.8, 4) is 0 Å². The molecule has 5 nitrogen and oxygen atoms in total. The summed E-state index contributed by atoms with van der Waals surface area (Å²) in [6.45, 7) is 0.692. The molecule has 0 unspecified atom stereocenters. The predicted molar refractivity (Wildman–Crippen MR) is 60.5 cm³/mol. The van der Waals surface area contributed by atoms with Crippen LogP contribution in [0.3, 0.4) is 0 Å². The van der Waals surface area contributed by atoms with Crippen molar-refractivity contribution >= 4 is 12.4 Å². The van der Waals surface area contributed by atoms with E-state index in [-0.39, 0.29) is 18.4 Å². The van der Waals surface area contributed by atoms with Gasteiger partial charge in [-0.05, 0) is 19.4 Å². The summed E-state index contributed by atoms with van der Waals surface area (Å²) in [6, 6.07) is -0.227. The normalized spacial score (nSPS) is 44.6. The number of halogens is 1. The van der Waals surface area contributed by atoms with Crippen molar-refractivity contribution < 1.29 is 20.4 Å². The van der Waals surface area contributed by atoms with Crippen LogP contribution in [0.5, 0.6) is 0 Å². The molecule has 0 aromatic rings. The highest BCUT2D eigenvalue weighted by Gasteiger charge is 2.53. The van der Waals surface area contributed by atoms with Crippen LogP contribution in [0.2, 0.25) is 0 Å². The molecule has 2 fully saturated rings. The lowest BCUT2D eigenvalue weighted by molar-refractivity contribution is -0.219. The molecule has 0 saturated carbocycles. The van der Waals surface area contributed by atoms with Gasteiger partial charge in [-0.2, -0.15) is 0 Å². The van der Waals surface area contributed by atoms with Gasteiger partial charge < -0.3 is 20.4 Å². The fraction of sp³-hybridized carbons (Fsp3) is 1.00. The summed E-state index contributed by atoms with van der Waals surface area (Å²) in [6.07, 6.45) is 0.576. The maximum Gasteiger partial charge on any atom is 0.131 e. The van der Waals surface area contributed by atoms with E-state index in [1.54, 1.807) is 0 Å². The maximum absolute atomic E-state index is 10.2. The topological polar surface area (TPSA) is 84.2 Å². The number of hydrogen-bond acceptors (Lipinski definition) is 5. The van der Waals surface area contributed by atoms with Crippen LogP contribution in [0, 0.1) is 0 Å². The van der Waals surface area contributed by atoms with Crippen LogP contribution in [0.1, 0.15) is 19.3 Å². The van der Waals surface area contributed by atoms with Gasteiger partial charge >= 0.3 is 0 Å². The van der Waals surface area contributed by atoms with Crippen LogP contribution >= 0.6 is 12.4 Å². The van der Waals surface area contributed by atoms with Gasteiger partial charge in [0.05, 0.1) is 12.7 Å². The fourth-order valence-corrected chi connectivity index (χ4v) is 2.84. The highest BCUT2D eigenvalue weighted by Crippen LogP contribution is 2.34. The lowest BCUT2D eigenvalue weighted by Crippen LogP contribution is -2.71. The lowest BCUT2D eigenvalue weighted by atomic mass is 9.77. The predicted octanol–water partition coefficient (Wildman–Crippen LogP) is -1.28. The van der Waals surface area contributed by atoms with E-state index in [9.17, 15) is 20.4 Å². The van der Waals surface area contributed by atoms with E-state index >= 15 is 0 Å². The molecule has 0 spiro atoms. The van der Waals surface area contributed by atoms with E-state index in [2.05, 4.69) is 0 Å². The first-order chi connectivity index (χ1) is 7.09. The first-order valence-electron chi connectivity index (χ1n) is 5.53. The molecule has 2 rings (SSSR count). The molecule has 96 valence electrons. The molecule has 0 radical (unpaired) electrons. The average molecular weight is 254 g/mol. The Balaban J connectivity index is 0.00000128. The molecule has 0 aromatic carbocycles. The summed E-state index contributed by atoms with van der Waals surface area (Å²) in [5.41, 5.74) is -1.57. The first kappa shape index (κ1) is 14.2. The standard InChI is InChI=1S/C10H19NO4.ClH/c12-6-10(15)8-3-1-2-4-11(8)5-7(13)9(10)14;/h7-9,12-15H,1-6H2;1H/t7-,8+,9+,10+;/m0./s1. The second-order valence-corrected chi connectivity index (χ2v) is 4.67. The molecular weight excluding hydrogens is 234 g/mol. The van der Waals surface area contributed by atoms with Gasteiger partial charge in [0, 0.05) is 12.6 Å². The lowest BCUT2D eigenvalue weighted by Gasteiger charge is -2.52. The van der Waals surface area contributed by atoms with E-state index in [4.69, 9.17) is 0 Å². The van der Waals surface area contributed by atoms with Gasteiger partial charge in [0.1, 0.15) is 11.7 Å². The minimum Gasteiger partial charge on any atom is -0.393 e. The van der Waals surface area contributed by atoms with Gasteiger partial charge in [-0.3, -0.25) is 4.90 Å². The third-order valence-corrected chi connectivity index (χ3v) is 3.74. The van der Waals surface area contributed by atoms with Crippen molar-refractivity contribution in [1.82, 2.24) is 4.90 Å². The Hall–Kier alpha value is 0.0900. The van der Waals surface area contributed by atoms with Gasteiger partial charge in [-0.1, -0.05) is 6.42 Å². The molecule has 2 heterocycles. The molecule has 2 saturated heterocycles. The molecule has 4 N–H and O–H groups in total. The van der Waals surface area contributed by atoms with Crippen molar-refractivity contribution in [2.45, 2.75) is 43.1 Å². The number of nitrogens with zero attached hydrogens (tertiary/aromatic N) is 1. The Morgan fingerprint density at radius 2 is 1.94 bits per heavy atom. The van der Waals surface area contributed by atoms with Crippen LogP contribution in [-0.2, 0) is 0 Å². The van der Waals surface area contributed by atoms with Crippen LogP contribution in [-0.4, -0.2) is 68.9 Å². The smallest absolute Gasteiger partial charge is 0.131 e. The number of rotatable bonds is 1. The molecule has 2 aliphatic heterocycles. The van der Waals surface area contributed by atoms with Crippen molar-refractivity contribution in [2.75, 3.05) is 19.7 Å². The van der Waals surface area contributed by atoms with Crippen molar-refractivity contribution in [3.05, 3.63) is 0 Å². The molecule has 0 bridgehead atoms. The third kappa shape index (κ3) is 2.08. The molecule has 4 atom stereocenters. The van der Waals surface area contributed by atoms with Gasteiger partial charge in [0.2, 0.25) is 0 Å². The summed E-state index contributed by atoms with van der Waals surface area (Å²) < 4.78 is 0. The van der Waals surface area contributed by atoms with Crippen LogP contribution in [0.4, 0.5) is 0 Å². The molecule has 0 aliphatic carbocycles. The molecule has 0 amide bonds. The Labute approximate surface area is 101 Å². The monoisotopic (exact) mass is 253 g/mol. The molecule has 2 aliphatic rings. The number of piperidine rings is 2. The zero-order chi connectivity index (χ0) is 11.1. The minimum absolute atomic E-state index is 0. The van der Waals surface area contributed by atoms with Crippen molar-refractivity contribution in [3.63, 3.8) is 0 Å². The molecule has 16 heavy (non-hydrogen) atoms. The quantitative estimate of drug-likeness (QED) is 0.468. The van der Waals surface area contributed by atoms with Gasteiger partial charge in [-0.15, -0.1) is 12.4 Å². The summed E-state index contributed by atoms with van der Waals surface area (Å²) >= 11 is 0. The zero-order valence-corrected chi connectivity index (χ0v) is 9.94. The van der Waals surface area contributed by atoms with Gasteiger partial charge in [0.15, 0.2) is 0 Å². The number of hydrogen-bond donors (Lipinski definition) is 4. The molecule has 0 aromatic heterocycles. The third-order valence-electron chi connectivity index (χ3n) is 3.74. The largest absolute Gasteiger partial charge is 0.393 e. The maximum atomic E-state index is 10.2. The van der Waals surface area contributed by atoms with E-state index in [0.717, 1.165) is 25.8 Å².